The number of alkyl carbamates (subject to hydrolysis) is 1. The summed E-state index contributed by atoms with van der Waals surface area (Å²) < 4.78 is 5.71. The predicted octanol–water partition coefficient (Wildman–Crippen LogP) is 4.16. The zero-order chi connectivity index (χ0) is 24.5. The van der Waals surface area contributed by atoms with Crippen LogP contribution in [0.2, 0.25) is 0 Å². The number of aliphatic carboxylic acids is 1. The van der Waals surface area contributed by atoms with Gasteiger partial charge in [0.1, 0.15) is 12.1 Å². The average Bonchev–Trinajstić information content (AvgIpc) is 3.12. The molecule has 35 heavy (non-hydrogen) atoms. The van der Waals surface area contributed by atoms with Gasteiger partial charge in [-0.15, -0.1) is 11.8 Å². The molecule has 0 heterocycles. The molecular weight excluding hydrogens is 464 g/mol. The molecule has 3 aliphatic carbocycles. The van der Waals surface area contributed by atoms with Gasteiger partial charge in [-0.25, -0.2) is 4.79 Å². The maximum Gasteiger partial charge on any atom is 0.408 e. The lowest BCUT2D eigenvalue weighted by Gasteiger charge is -2.59. The minimum Gasteiger partial charge on any atom is -0.481 e. The number of hydrogen-bond donors (Lipinski definition) is 3. The lowest BCUT2D eigenvalue weighted by molar-refractivity contribution is -0.144. The molecule has 184 valence electrons. The number of carbonyl (C=O) groups excluding carboxylic acids is 2. The highest BCUT2D eigenvalue weighted by Crippen LogP contribution is 2.60. The van der Waals surface area contributed by atoms with Crippen molar-refractivity contribution in [2.24, 2.45) is 5.41 Å². The van der Waals surface area contributed by atoms with Gasteiger partial charge < -0.3 is 20.5 Å². The third kappa shape index (κ3) is 4.63. The molecule has 0 aromatic heterocycles. The van der Waals surface area contributed by atoms with Crippen LogP contribution in [0.5, 0.6) is 0 Å². The molecule has 3 aliphatic rings. The standard InChI is InChI=1S/C27H30N2O5S/c30-23(31)15-35-13-12-28-24(32)27(16-26(17-27)10-5-11-26)29-25(33)34-14-22-20-8-3-1-6-18(20)19-7-2-4-9-21(19)22/h1-4,6-9,22H,5,10-17H2,(H,28,32)(H,29,33)(H,30,31). The van der Waals surface area contributed by atoms with Crippen molar-refractivity contribution in [3.8, 4) is 11.1 Å². The summed E-state index contributed by atoms with van der Waals surface area (Å²) in [6, 6.07) is 16.4. The van der Waals surface area contributed by atoms with Crippen LogP contribution >= 0.6 is 11.8 Å². The summed E-state index contributed by atoms with van der Waals surface area (Å²) in [6.07, 6.45) is 4.01. The molecule has 2 aromatic rings. The number of nitrogens with one attached hydrogen (secondary N) is 2. The first-order chi connectivity index (χ1) is 16.9. The summed E-state index contributed by atoms with van der Waals surface area (Å²) in [6.45, 7) is 0.562. The van der Waals surface area contributed by atoms with E-state index < -0.39 is 17.6 Å². The summed E-state index contributed by atoms with van der Waals surface area (Å²) >= 11 is 1.25. The highest BCUT2D eigenvalue weighted by Gasteiger charge is 2.61. The summed E-state index contributed by atoms with van der Waals surface area (Å²) in [5.74, 6) is -0.615. The number of amides is 2. The van der Waals surface area contributed by atoms with Crippen molar-refractivity contribution in [3.63, 3.8) is 0 Å². The predicted molar refractivity (Wildman–Crippen MR) is 134 cm³/mol. The molecule has 0 atom stereocenters. The van der Waals surface area contributed by atoms with E-state index in [-0.39, 0.29) is 29.6 Å². The number of carboxylic acid groups (broad SMARTS) is 1. The van der Waals surface area contributed by atoms with Crippen molar-refractivity contribution in [1.29, 1.82) is 0 Å². The molecule has 5 rings (SSSR count). The van der Waals surface area contributed by atoms with Gasteiger partial charge in [-0.2, -0.15) is 0 Å². The van der Waals surface area contributed by atoms with Crippen molar-refractivity contribution in [2.75, 3.05) is 24.7 Å². The largest absolute Gasteiger partial charge is 0.481 e. The Morgan fingerprint density at radius 1 is 1.00 bits per heavy atom. The first-order valence-corrected chi connectivity index (χ1v) is 13.3. The fourth-order valence-electron chi connectivity index (χ4n) is 5.96. The van der Waals surface area contributed by atoms with Crippen molar-refractivity contribution in [2.45, 2.75) is 43.6 Å². The number of benzene rings is 2. The maximum atomic E-state index is 13.1. The second-order valence-corrected chi connectivity index (χ2v) is 11.0. The number of thioether (sulfide) groups is 1. The summed E-state index contributed by atoms with van der Waals surface area (Å²) in [7, 11) is 0. The molecule has 0 bridgehead atoms. The van der Waals surface area contributed by atoms with E-state index in [1.165, 1.54) is 22.9 Å². The number of hydrogen-bond acceptors (Lipinski definition) is 5. The van der Waals surface area contributed by atoms with Gasteiger partial charge in [0.2, 0.25) is 5.91 Å². The molecular formula is C27H30N2O5S. The second-order valence-electron chi connectivity index (χ2n) is 9.94. The first-order valence-electron chi connectivity index (χ1n) is 12.1. The molecule has 2 amide bonds. The van der Waals surface area contributed by atoms with Crippen molar-refractivity contribution in [3.05, 3.63) is 59.7 Å². The molecule has 0 aliphatic heterocycles. The van der Waals surface area contributed by atoms with Crippen LogP contribution in [0.15, 0.2) is 48.5 Å². The third-order valence-electron chi connectivity index (χ3n) is 7.64. The van der Waals surface area contributed by atoms with Gasteiger partial charge in [0.05, 0.1) is 5.75 Å². The topological polar surface area (TPSA) is 105 Å². The van der Waals surface area contributed by atoms with Gasteiger partial charge in [-0.3, -0.25) is 9.59 Å². The van der Waals surface area contributed by atoms with Crippen LogP contribution in [0.4, 0.5) is 4.79 Å². The highest BCUT2D eigenvalue weighted by molar-refractivity contribution is 7.99. The lowest BCUT2D eigenvalue weighted by atomic mass is 9.48. The summed E-state index contributed by atoms with van der Waals surface area (Å²) in [4.78, 5) is 36.7. The Bertz CT molecular complexity index is 1090. The first kappa shape index (κ1) is 23.7. The maximum absolute atomic E-state index is 13.1. The van der Waals surface area contributed by atoms with Gasteiger partial charge >= 0.3 is 12.1 Å². The van der Waals surface area contributed by atoms with Crippen LogP contribution in [0.3, 0.4) is 0 Å². The lowest BCUT2D eigenvalue weighted by Crippen LogP contribution is -2.70. The van der Waals surface area contributed by atoms with E-state index >= 15 is 0 Å². The van der Waals surface area contributed by atoms with E-state index in [4.69, 9.17) is 9.84 Å². The molecule has 2 aromatic carbocycles. The summed E-state index contributed by atoms with van der Waals surface area (Å²) in [5, 5.41) is 14.6. The number of carboxylic acids is 1. The van der Waals surface area contributed by atoms with Crippen molar-refractivity contribution < 1.29 is 24.2 Å². The zero-order valence-electron chi connectivity index (χ0n) is 19.5. The van der Waals surface area contributed by atoms with Crippen LogP contribution < -0.4 is 10.6 Å². The van der Waals surface area contributed by atoms with Gasteiger partial charge in [0.25, 0.3) is 0 Å². The molecule has 2 fully saturated rings. The highest BCUT2D eigenvalue weighted by atomic mass is 32.2. The van der Waals surface area contributed by atoms with Gasteiger partial charge in [-0.1, -0.05) is 55.0 Å². The SMILES string of the molecule is O=C(O)CSCCNC(=O)C1(NC(=O)OCC2c3ccccc3-c3ccccc32)CC2(CCC2)C1. The Morgan fingerprint density at radius 2 is 1.63 bits per heavy atom. The van der Waals surface area contributed by atoms with E-state index in [2.05, 4.69) is 34.9 Å². The fraction of sp³-hybridized carbons (Fsp3) is 0.444. The molecule has 0 saturated heterocycles. The third-order valence-corrected chi connectivity index (χ3v) is 8.59. The van der Waals surface area contributed by atoms with E-state index in [1.54, 1.807) is 0 Å². The Balaban J connectivity index is 1.21. The van der Waals surface area contributed by atoms with Crippen molar-refractivity contribution >= 4 is 29.7 Å². The second kappa shape index (κ2) is 9.57. The number of carbonyl (C=O) groups is 3. The van der Waals surface area contributed by atoms with Crippen LogP contribution in [-0.2, 0) is 14.3 Å². The van der Waals surface area contributed by atoms with Crippen LogP contribution in [0.1, 0.15) is 49.1 Å². The number of rotatable bonds is 9. The van der Waals surface area contributed by atoms with Crippen LogP contribution in [0, 0.1) is 5.41 Å². The zero-order valence-corrected chi connectivity index (χ0v) is 20.4. The van der Waals surface area contributed by atoms with E-state index in [0.29, 0.717) is 25.1 Å². The van der Waals surface area contributed by atoms with E-state index in [0.717, 1.165) is 30.4 Å². The molecule has 0 unspecified atom stereocenters. The van der Waals surface area contributed by atoms with Gasteiger partial charge in [-0.05, 0) is 53.4 Å². The normalized spacial score (nSPS) is 18.5. The molecule has 7 nitrogen and oxygen atoms in total. The minimum atomic E-state index is -0.958. The Kier molecular flexibility index (Phi) is 6.49. The van der Waals surface area contributed by atoms with Crippen molar-refractivity contribution in [1.82, 2.24) is 10.6 Å². The van der Waals surface area contributed by atoms with E-state index in [9.17, 15) is 14.4 Å². The molecule has 3 N–H and O–H groups in total. The van der Waals surface area contributed by atoms with Gasteiger partial charge in [0, 0.05) is 18.2 Å². The Morgan fingerprint density at radius 3 is 2.20 bits per heavy atom. The molecule has 2 saturated carbocycles. The smallest absolute Gasteiger partial charge is 0.408 e. The monoisotopic (exact) mass is 494 g/mol. The number of fused-ring (bicyclic) bond motifs is 3. The number of ether oxygens (including phenoxy) is 1. The van der Waals surface area contributed by atoms with E-state index in [1.807, 2.05) is 24.3 Å². The summed E-state index contributed by atoms with van der Waals surface area (Å²) in [5.41, 5.74) is 3.82. The quantitative estimate of drug-likeness (QED) is 0.452. The Hall–Kier alpha value is -3.00. The van der Waals surface area contributed by atoms with Gasteiger partial charge in [0.15, 0.2) is 0 Å². The van der Waals surface area contributed by atoms with Crippen LogP contribution in [-0.4, -0.2) is 53.3 Å². The molecule has 1 spiro atoms. The fourth-order valence-corrected chi connectivity index (χ4v) is 6.53. The molecule has 8 heteroatoms. The molecule has 0 radical (unpaired) electrons. The van der Waals surface area contributed by atoms with Crippen LogP contribution in [0.25, 0.3) is 11.1 Å². The average molecular weight is 495 g/mol. The Labute approximate surface area is 209 Å². The minimum absolute atomic E-state index is 0.00211.